The Bertz CT molecular complexity index is 295. The maximum atomic E-state index is 8.29. The number of rotatable bonds is 0. The Balaban J connectivity index is 0.000000191. The van der Waals surface area contributed by atoms with Gasteiger partial charge in [-0.1, -0.05) is 5.16 Å². The molecule has 0 saturated carbocycles. The van der Waals surface area contributed by atoms with Gasteiger partial charge in [0.05, 0.1) is 32.5 Å². The second-order valence-corrected chi connectivity index (χ2v) is 5.43. The van der Waals surface area contributed by atoms with Crippen molar-refractivity contribution in [1.29, 1.82) is 0 Å². The number of hydrogen-bond donors (Lipinski definition) is 2. The summed E-state index contributed by atoms with van der Waals surface area (Å²) in [6.45, 7) is 9.33. The second-order valence-electron chi connectivity index (χ2n) is 5.43. The molecule has 0 amide bonds. The molecule has 0 aliphatic carbocycles. The van der Waals surface area contributed by atoms with E-state index in [-0.39, 0.29) is 6.04 Å². The fraction of sp³-hybridized carbons (Fsp3) is 0.917. The van der Waals surface area contributed by atoms with Gasteiger partial charge in [0.25, 0.3) is 0 Å². The molecule has 19 heavy (non-hydrogen) atoms. The Morgan fingerprint density at radius 1 is 1.00 bits per heavy atom. The number of ether oxygens (including phenoxy) is 4. The standard InChI is InChI=1S/C6H11NO3.C6H13NO2/c1-6(2)9-3-5(7-8)4-10-6;1-6(2)8-3-5(7)4-9-6/h8H,3-4H2,1-2H3;5H,3-4,7H2,1-2H3. The van der Waals surface area contributed by atoms with Gasteiger partial charge < -0.3 is 29.9 Å². The Labute approximate surface area is 113 Å². The van der Waals surface area contributed by atoms with Crippen LogP contribution in [0.25, 0.3) is 0 Å². The van der Waals surface area contributed by atoms with Gasteiger partial charge in [0.1, 0.15) is 5.71 Å². The lowest BCUT2D eigenvalue weighted by Crippen LogP contribution is -2.45. The average Bonchev–Trinajstić information content (AvgIpc) is 2.34. The highest BCUT2D eigenvalue weighted by molar-refractivity contribution is 5.86. The van der Waals surface area contributed by atoms with E-state index in [0.717, 1.165) is 0 Å². The molecule has 2 heterocycles. The van der Waals surface area contributed by atoms with Gasteiger partial charge in [0.2, 0.25) is 0 Å². The summed E-state index contributed by atoms with van der Waals surface area (Å²) >= 11 is 0. The molecule has 7 nitrogen and oxygen atoms in total. The highest BCUT2D eigenvalue weighted by Gasteiger charge is 2.26. The average molecular weight is 276 g/mol. The van der Waals surface area contributed by atoms with Crippen LogP contribution in [0.3, 0.4) is 0 Å². The zero-order valence-electron chi connectivity index (χ0n) is 12.0. The van der Waals surface area contributed by atoms with E-state index in [9.17, 15) is 0 Å². The lowest BCUT2D eigenvalue weighted by molar-refractivity contribution is -0.249. The van der Waals surface area contributed by atoms with Crippen molar-refractivity contribution in [2.24, 2.45) is 10.9 Å². The van der Waals surface area contributed by atoms with Crippen molar-refractivity contribution >= 4 is 5.71 Å². The first-order chi connectivity index (χ1) is 8.74. The molecule has 0 aromatic heterocycles. The van der Waals surface area contributed by atoms with Crippen molar-refractivity contribution in [3.63, 3.8) is 0 Å². The first-order valence-electron chi connectivity index (χ1n) is 6.25. The molecular weight excluding hydrogens is 252 g/mol. The van der Waals surface area contributed by atoms with E-state index in [4.69, 9.17) is 29.9 Å². The van der Waals surface area contributed by atoms with Crippen LogP contribution in [0.1, 0.15) is 27.7 Å². The van der Waals surface area contributed by atoms with Gasteiger partial charge in [-0.15, -0.1) is 0 Å². The second kappa shape index (κ2) is 6.62. The monoisotopic (exact) mass is 276 g/mol. The summed E-state index contributed by atoms with van der Waals surface area (Å²) in [5, 5.41) is 11.3. The van der Waals surface area contributed by atoms with Crippen LogP contribution in [0, 0.1) is 0 Å². The molecule has 0 aromatic rings. The van der Waals surface area contributed by atoms with E-state index >= 15 is 0 Å². The summed E-state index contributed by atoms with van der Waals surface area (Å²) < 4.78 is 20.8. The van der Waals surface area contributed by atoms with Crippen LogP contribution in [-0.4, -0.2) is 55.0 Å². The lowest BCUT2D eigenvalue weighted by atomic mass is 10.3. The van der Waals surface area contributed by atoms with Gasteiger partial charge in [0.15, 0.2) is 11.6 Å². The van der Waals surface area contributed by atoms with Crippen molar-refractivity contribution in [3.8, 4) is 0 Å². The maximum Gasteiger partial charge on any atom is 0.163 e. The van der Waals surface area contributed by atoms with Gasteiger partial charge in [-0.05, 0) is 27.7 Å². The van der Waals surface area contributed by atoms with Crippen molar-refractivity contribution < 1.29 is 24.2 Å². The molecule has 2 rings (SSSR count). The van der Waals surface area contributed by atoms with Gasteiger partial charge in [-0.25, -0.2) is 0 Å². The quantitative estimate of drug-likeness (QED) is 0.499. The molecule has 2 fully saturated rings. The van der Waals surface area contributed by atoms with Crippen LogP contribution in [0.5, 0.6) is 0 Å². The summed E-state index contributed by atoms with van der Waals surface area (Å²) in [4.78, 5) is 0. The fourth-order valence-corrected chi connectivity index (χ4v) is 1.36. The van der Waals surface area contributed by atoms with E-state index in [0.29, 0.717) is 32.1 Å². The lowest BCUT2D eigenvalue weighted by Gasteiger charge is -2.33. The third-order valence-corrected chi connectivity index (χ3v) is 2.60. The van der Waals surface area contributed by atoms with Crippen LogP contribution in [0.2, 0.25) is 0 Å². The highest BCUT2D eigenvalue weighted by Crippen LogP contribution is 2.16. The van der Waals surface area contributed by atoms with Crippen LogP contribution >= 0.6 is 0 Å². The SMILES string of the molecule is CC1(C)OCC(=NO)CO1.CC1(C)OCC(N)CO1. The minimum Gasteiger partial charge on any atom is -0.411 e. The van der Waals surface area contributed by atoms with Crippen molar-refractivity contribution in [1.82, 2.24) is 0 Å². The summed E-state index contributed by atoms with van der Waals surface area (Å²) in [6.07, 6.45) is 0. The Morgan fingerprint density at radius 3 is 1.79 bits per heavy atom. The molecule has 112 valence electrons. The summed E-state index contributed by atoms with van der Waals surface area (Å²) in [7, 11) is 0. The summed E-state index contributed by atoms with van der Waals surface area (Å²) in [5.41, 5.74) is 6.03. The smallest absolute Gasteiger partial charge is 0.163 e. The zero-order chi connectivity index (χ0) is 14.5. The first kappa shape index (κ1) is 16.3. The van der Waals surface area contributed by atoms with Gasteiger partial charge in [-0.2, -0.15) is 0 Å². The van der Waals surface area contributed by atoms with Gasteiger partial charge >= 0.3 is 0 Å². The minimum atomic E-state index is -0.534. The van der Waals surface area contributed by atoms with E-state index in [1.807, 2.05) is 27.7 Å². The summed E-state index contributed by atoms with van der Waals surface area (Å²) in [5.74, 6) is -0.954. The molecule has 2 aliphatic rings. The number of oxime groups is 1. The largest absolute Gasteiger partial charge is 0.411 e. The Morgan fingerprint density at radius 2 is 1.42 bits per heavy atom. The number of hydrogen-bond acceptors (Lipinski definition) is 7. The Hall–Kier alpha value is -0.730. The molecule has 7 heteroatoms. The fourth-order valence-electron chi connectivity index (χ4n) is 1.36. The predicted octanol–water partition coefficient (Wildman–Crippen LogP) is 0.696. The van der Waals surface area contributed by atoms with E-state index in [2.05, 4.69) is 5.16 Å². The third kappa shape index (κ3) is 6.31. The molecule has 0 spiro atoms. The topological polar surface area (TPSA) is 95.5 Å². The van der Waals surface area contributed by atoms with Crippen LogP contribution in [0.4, 0.5) is 0 Å². The number of nitrogens with zero attached hydrogens (tertiary/aromatic N) is 1. The van der Waals surface area contributed by atoms with Crippen molar-refractivity contribution in [2.45, 2.75) is 45.3 Å². The molecule has 0 unspecified atom stereocenters. The van der Waals surface area contributed by atoms with Crippen LogP contribution in [0.15, 0.2) is 5.16 Å². The third-order valence-electron chi connectivity index (χ3n) is 2.60. The van der Waals surface area contributed by atoms with Crippen molar-refractivity contribution in [3.05, 3.63) is 0 Å². The minimum absolute atomic E-state index is 0.0537. The molecule has 0 radical (unpaired) electrons. The van der Waals surface area contributed by atoms with Crippen molar-refractivity contribution in [2.75, 3.05) is 26.4 Å². The van der Waals surface area contributed by atoms with Gasteiger partial charge in [0, 0.05) is 0 Å². The number of nitrogens with two attached hydrogens (primary N) is 1. The zero-order valence-corrected chi connectivity index (χ0v) is 12.0. The van der Waals surface area contributed by atoms with Crippen LogP contribution in [-0.2, 0) is 18.9 Å². The normalized spacial score (nSPS) is 26.3. The van der Waals surface area contributed by atoms with Gasteiger partial charge in [-0.3, -0.25) is 0 Å². The molecule has 3 N–H and O–H groups in total. The molecule has 2 saturated heterocycles. The molecule has 2 aliphatic heterocycles. The Kier molecular flexibility index (Phi) is 5.69. The predicted molar refractivity (Wildman–Crippen MR) is 69.2 cm³/mol. The van der Waals surface area contributed by atoms with E-state index < -0.39 is 11.6 Å². The highest BCUT2D eigenvalue weighted by atomic mass is 16.7. The van der Waals surface area contributed by atoms with Crippen LogP contribution < -0.4 is 5.73 Å². The molecular formula is C12H24N2O5. The summed E-state index contributed by atoms with van der Waals surface area (Å²) in [6, 6.07) is 0.0537. The first-order valence-corrected chi connectivity index (χ1v) is 6.25. The molecule has 0 aromatic carbocycles. The van der Waals surface area contributed by atoms with E-state index in [1.165, 1.54) is 0 Å². The maximum absolute atomic E-state index is 8.29. The van der Waals surface area contributed by atoms with E-state index in [1.54, 1.807) is 0 Å². The molecule has 0 atom stereocenters. The molecule has 0 bridgehead atoms.